The molecule has 4 nitrogen and oxygen atoms in total. The molecule has 1 N–H and O–H groups in total. The normalized spacial score (nSPS) is 10.5. The topological polar surface area (TPSA) is 47.0 Å². The first-order valence-electron chi connectivity index (χ1n) is 5.40. The summed E-state index contributed by atoms with van der Waals surface area (Å²) in [6.07, 6.45) is 2.83. The fraction of sp³-hybridized carbons (Fsp3) is 0.636. The second-order valence-corrected chi connectivity index (χ2v) is 3.32. The number of ether oxygens (including phenoxy) is 1. The molecule has 1 aromatic rings. The van der Waals surface area contributed by atoms with E-state index in [-0.39, 0.29) is 0 Å². The number of hydrogen-bond donors (Lipinski definition) is 1. The van der Waals surface area contributed by atoms with Gasteiger partial charge in [-0.2, -0.15) is 0 Å². The van der Waals surface area contributed by atoms with E-state index < -0.39 is 0 Å². The van der Waals surface area contributed by atoms with E-state index in [0.29, 0.717) is 0 Å². The third-order valence-electron chi connectivity index (χ3n) is 1.99. The van der Waals surface area contributed by atoms with E-state index in [2.05, 4.69) is 15.3 Å². The van der Waals surface area contributed by atoms with Crippen molar-refractivity contribution in [1.82, 2.24) is 15.3 Å². The highest BCUT2D eigenvalue weighted by Crippen LogP contribution is 1.93. The van der Waals surface area contributed by atoms with Crippen molar-refractivity contribution in [2.45, 2.75) is 26.8 Å². The third-order valence-corrected chi connectivity index (χ3v) is 1.99. The first-order chi connectivity index (χ1) is 7.33. The Balaban J connectivity index is 2.10. The summed E-state index contributed by atoms with van der Waals surface area (Å²) in [7, 11) is 0. The number of aromatic nitrogens is 2. The fourth-order valence-corrected chi connectivity index (χ4v) is 1.26. The van der Waals surface area contributed by atoms with E-state index in [4.69, 9.17) is 4.74 Å². The monoisotopic (exact) mass is 209 g/mol. The second kappa shape index (κ2) is 7.31. The number of nitrogens with one attached hydrogen (secondary N) is 1. The van der Waals surface area contributed by atoms with Crippen LogP contribution >= 0.6 is 0 Å². The average molecular weight is 209 g/mol. The summed E-state index contributed by atoms with van der Waals surface area (Å²) in [4.78, 5) is 8.35. The Hall–Kier alpha value is -1.00. The van der Waals surface area contributed by atoms with Gasteiger partial charge in [-0.15, -0.1) is 0 Å². The van der Waals surface area contributed by atoms with Crippen LogP contribution < -0.4 is 5.32 Å². The smallest absolute Gasteiger partial charge is 0.125 e. The zero-order valence-electron chi connectivity index (χ0n) is 9.49. The SMILES string of the molecule is CCOCCCNCc1ccnc(C)n1. The van der Waals surface area contributed by atoms with Crippen LogP contribution in [0.4, 0.5) is 0 Å². The van der Waals surface area contributed by atoms with Gasteiger partial charge in [-0.3, -0.25) is 0 Å². The predicted octanol–water partition coefficient (Wildman–Crippen LogP) is 1.30. The van der Waals surface area contributed by atoms with Crippen molar-refractivity contribution in [3.63, 3.8) is 0 Å². The maximum absolute atomic E-state index is 5.24. The molecule has 0 aromatic carbocycles. The van der Waals surface area contributed by atoms with Gasteiger partial charge in [0.2, 0.25) is 0 Å². The van der Waals surface area contributed by atoms with Crippen molar-refractivity contribution in [3.8, 4) is 0 Å². The summed E-state index contributed by atoms with van der Waals surface area (Å²) in [6, 6.07) is 1.93. The average Bonchev–Trinajstić information content (AvgIpc) is 2.23. The highest BCUT2D eigenvalue weighted by Gasteiger charge is 1.94. The zero-order chi connectivity index (χ0) is 10.9. The van der Waals surface area contributed by atoms with Crippen molar-refractivity contribution in [3.05, 3.63) is 23.8 Å². The Morgan fingerprint density at radius 1 is 1.47 bits per heavy atom. The molecule has 0 bridgehead atoms. The largest absolute Gasteiger partial charge is 0.382 e. The molecule has 84 valence electrons. The number of hydrogen-bond acceptors (Lipinski definition) is 4. The van der Waals surface area contributed by atoms with Gasteiger partial charge in [0.15, 0.2) is 0 Å². The highest BCUT2D eigenvalue weighted by molar-refractivity contribution is 5.00. The van der Waals surface area contributed by atoms with Gasteiger partial charge in [-0.1, -0.05) is 0 Å². The highest BCUT2D eigenvalue weighted by atomic mass is 16.5. The fourth-order valence-electron chi connectivity index (χ4n) is 1.26. The first-order valence-corrected chi connectivity index (χ1v) is 5.40. The molecular weight excluding hydrogens is 190 g/mol. The molecule has 1 aromatic heterocycles. The van der Waals surface area contributed by atoms with E-state index in [9.17, 15) is 0 Å². The summed E-state index contributed by atoms with van der Waals surface area (Å²) in [6.45, 7) is 7.30. The van der Waals surface area contributed by atoms with Crippen LogP contribution in [0.2, 0.25) is 0 Å². The molecule has 15 heavy (non-hydrogen) atoms. The first kappa shape index (κ1) is 12.1. The van der Waals surface area contributed by atoms with E-state index >= 15 is 0 Å². The second-order valence-electron chi connectivity index (χ2n) is 3.32. The van der Waals surface area contributed by atoms with Gasteiger partial charge in [0.05, 0.1) is 5.69 Å². The summed E-state index contributed by atoms with van der Waals surface area (Å²) in [5.74, 6) is 0.823. The van der Waals surface area contributed by atoms with Gasteiger partial charge in [0.1, 0.15) is 5.82 Å². The van der Waals surface area contributed by atoms with Crippen molar-refractivity contribution < 1.29 is 4.74 Å². The van der Waals surface area contributed by atoms with E-state index in [1.807, 2.05) is 19.9 Å². The Morgan fingerprint density at radius 3 is 3.07 bits per heavy atom. The van der Waals surface area contributed by atoms with Gasteiger partial charge in [-0.25, -0.2) is 9.97 Å². The molecule has 0 spiro atoms. The molecule has 0 amide bonds. The molecule has 0 unspecified atom stereocenters. The third kappa shape index (κ3) is 5.44. The molecule has 1 heterocycles. The van der Waals surface area contributed by atoms with E-state index in [0.717, 1.165) is 44.2 Å². The van der Waals surface area contributed by atoms with Crippen molar-refractivity contribution in [2.24, 2.45) is 0 Å². The van der Waals surface area contributed by atoms with Gasteiger partial charge in [0.25, 0.3) is 0 Å². The standard InChI is InChI=1S/C11H19N3O/c1-3-15-8-4-6-12-9-11-5-7-13-10(2)14-11/h5,7,12H,3-4,6,8-9H2,1-2H3. The van der Waals surface area contributed by atoms with Crippen LogP contribution in [-0.2, 0) is 11.3 Å². The van der Waals surface area contributed by atoms with Crippen LogP contribution in [-0.4, -0.2) is 29.7 Å². The lowest BCUT2D eigenvalue weighted by atomic mass is 10.3. The van der Waals surface area contributed by atoms with E-state index in [1.165, 1.54) is 0 Å². The minimum Gasteiger partial charge on any atom is -0.382 e. The molecule has 1 rings (SSSR count). The van der Waals surface area contributed by atoms with Gasteiger partial charge < -0.3 is 10.1 Å². The molecule has 0 radical (unpaired) electrons. The van der Waals surface area contributed by atoms with Crippen LogP contribution in [0.3, 0.4) is 0 Å². The maximum atomic E-state index is 5.24. The Labute approximate surface area is 91.1 Å². The van der Waals surface area contributed by atoms with Crippen LogP contribution in [0.25, 0.3) is 0 Å². The molecular formula is C11H19N3O. The Morgan fingerprint density at radius 2 is 2.33 bits per heavy atom. The minimum atomic E-state index is 0.797. The van der Waals surface area contributed by atoms with Gasteiger partial charge >= 0.3 is 0 Å². The number of rotatable bonds is 7. The summed E-state index contributed by atoms with van der Waals surface area (Å²) in [5, 5.41) is 3.32. The molecule has 0 saturated carbocycles. The quantitative estimate of drug-likeness (QED) is 0.688. The minimum absolute atomic E-state index is 0.797. The van der Waals surface area contributed by atoms with E-state index in [1.54, 1.807) is 6.20 Å². The van der Waals surface area contributed by atoms with Crippen molar-refractivity contribution in [2.75, 3.05) is 19.8 Å². The van der Waals surface area contributed by atoms with Gasteiger partial charge in [-0.05, 0) is 32.9 Å². The van der Waals surface area contributed by atoms with Gasteiger partial charge in [0, 0.05) is 26.0 Å². The van der Waals surface area contributed by atoms with Crippen molar-refractivity contribution in [1.29, 1.82) is 0 Å². The lowest BCUT2D eigenvalue weighted by Crippen LogP contribution is -2.17. The lowest BCUT2D eigenvalue weighted by molar-refractivity contribution is 0.144. The molecule has 0 aliphatic carbocycles. The number of aryl methyl sites for hydroxylation is 1. The Bertz CT molecular complexity index is 278. The number of nitrogens with zero attached hydrogens (tertiary/aromatic N) is 2. The molecule has 0 fully saturated rings. The maximum Gasteiger partial charge on any atom is 0.125 e. The van der Waals surface area contributed by atoms with Crippen LogP contribution in [0, 0.1) is 6.92 Å². The van der Waals surface area contributed by atoms with Crippen LogP contribution in [0.5, 0.6) is 0 Å². The van der Waals surface area contributed by atoms with Crippen LogP contribution in [0.15, 0.2) is 12.3 Å². The summed E-state index contributed by atoms with van der Waals surface area (Å²) in [5.41, 5.74) is 1.04. The molecule has 0 aliphatic rings. The van der Waals surface area contributed by atoms with Crippen molar-refractivity contribution >= 4 is 0 Å². The summed E-state index contributed by atoms with van der Waals surface area (Å²) >= 11 is 0. The molecule has 0 saturated heterocycles. The lowest BCUT2D eigenvalue weighted by Gasteiger charge is -2.04. The van der Waals surface area contributed by atoms with Crippen LogP contribution in [0.1, 0.15) is 24.9 Å². The molecule has 0 aliphatic heterocycles. The Kier molecular flexibility index (Phi) is 5.88. The zero-order valence-corrected chi connectivity index (χ0v) is 9.49. The molecule has 0 atom stereocenters. The summed E-state index contributed by atoms with van der Waals surface area (Å²) < 4.78 is 5.24. The predicted molar refractivity (Wildman–Crippen MR) is 59.6 cm³/mol. The molecule has 4 heteroatoms.